The molecule has 1 aromatic carbocycles. The van der Waals surface area contributed by atoms with Gasteiger partial charge in [-0.05, 0) is 54.7 Å². The number of halogens is 6. The number of fused-ring (bicyclic) bond motifs is 1. The lowest BCUT2D eigenvalue weighted by Crippen LogP contribution is -2.39. The number of nitrogens with two attached hydrogens (primary N) is 1. The topological polar surface area (TPSA) is 97.1 Å². The molecule has 0 bridgehead atoms. The number of nitrogens with one attached hydrogen (secondary N) is 1. The lowest BCUT2D eigenvalue weighted by Gasteiger charge is -2.32. The van der Waals surface area contributed by atoms with Gasteiger partial charge in [0.1, 0.15) is 17.6 Å². The number of imidazole rings is 1. The lowest BCUT2D eigenvalue weighted by atomic mass is 9.89. The molecule has 35 heavy (non-hydrogen) atoms. The Morgan fingerprint density at radius 2 is 1.77 bits per heavy atom. The summed E-state index contributed by atoms with van der Waals surface area (Å²) in [7, 11) is 0. The van der Waals surface area contributed by atoms with Crippen molar-refractivity contribution in [3.8, 4) is 5.75 Å². The molecule has 1 saturated heterocycles. The summed E-state index contributed by atoms with van der Waals surface area (Å²) in [6.07, 6.45) is -7.16. The Labute approximate surface area is 195 Å². The molecule has 1 fully saturated rings. The van der Waals surface area contributed by atoms with Crippen molar-refractivity contribution in [1.29, 1.82) is 0 Å². The molecule has 1 atom stereocenters. The van der Waals surface area contributed by atoms with Gasteiger partial charge in [-0.25, -0.2) is 9.97 Å². The zero-order chi connectivity index (χ0) is 25.4. The van der Waals surface area contributed by atoms with Crippen LogP contribution in [0.15, 0.2) is 36.5 Å². The average molecular weight is 501 g/mol. The number of H-pyrrole nitrogens is 1. The van der Waals surface area contributed by atoms with Gasteiger partial charge >= 0.3 is 12.5 Å². The molecular weight excluding hydrogens is 480 g/mol. The number of piperidine rings is 1. The van der Waals surface area contributed by atoms with Crippen molar-refractivity contribution >= 4 is 17.1 Å². The standard InChI is InChI=1S/C22H21F6N5O2/c23-21(24,25)16(29)11-17-31-18-15(5-8-30-19(18)32-17)12-6-9-33(10-7-12)20(34)13-1-3-14(4-2-13)35-22(26,27)28/h1-5,8,12,16H,6-7,9-11,29H2,(H,30,31,32). The van der Waals surface area contributed by atoms with Gasteiger partial charge in [0.2, 0.25) is 0 Å². The Bertz CT molecular complexity index is 1180. The first-order valence-corrected chi connectivity index (χ1v) is 10.7. The highest BCUT2D eigenvalue weighted by Gasteiger charge is 2.37. The molecule has 0 radical (unpaired) electrons. The van der Waals surface area contributed by atoms with Crippen LogP contribution in [0.3, 0.4) is 0 Å². The Morgan fingerprint density at radius 3 is 2.37 bits per heavy atom. The molecule has 1 unspecified atom stereocenters. The highest BCUT2D eigenvalue weighted by molar-refractivity contribution is 5.94. The second kappa shape index (κ2) is 9.36. The molecule has 0 aliphatic carbocycles. The summed E-state index contributed by atoms with van der Waals surface area (Å²) in [5.74, 6) is -0.622. The van der Waals surface area contributed by atoms with Crippen LogP contribution in [-0.4, -0.2) is 57.4 Å². The molecule has 2 aromatic heterocycles. The normalized spacial score (nSPS) is 16.5. The quantitative estimate of drug-likeness (QED) is 0.508. The van der Waals surface area contributed by atoms with E-state index >= 15 is 0 Å². The molecule has 3 N–H and O–H groups in total. The van der Waals surface area contributed by atoms with E-state index in [1.165, 1.54) is 18.3 Å². The summed E-state index contributed by atoms with van der Waals surface area (Å²) in [5.41, 5.74) is 7.14. The summed E-state index contributed by atoms with van der Waals surface area (Å²) < 4.78 is 79.2. The fourth-order valence-corrected chi connectivity index (χ4v) is 4.11. The number of likely N-dealkylation sites (tertiary alicyclic amines) is 1. The van der Waals surface area contributed by atoms with E-state index < -0.39 is 30.8 Å². The van der Waals surface area contributed by atoms with Crippen molar-refractivity contribution in [2.75, 3.05) is 13.1 Å². The number of amides is 1. The van der Waals surface area contributed by atoms with Crippen LogP contribution in [0.5, 0.6) is 5.75 Å². The number of hydrogen-bond donors (Lipinski definition) is 2. The fourth-order valence-electron chi connectivity index (χ4n) is 4.11. The lowest BCUT2D eigenvalue weighted by molar-refractivity contribution is -0.274. The van der Waals surface area contributed by atoms with E-state index in [4.69, 9.17) is 5.73 Å². The average Bonchev–Trinajstić information content (AvgIpc) is 3.20. The van der Waals surface area contributed by atoms with Gasteiger partial charge in [0.15, 0.2) is 5.65 Å². The first-order valence-electron chi connectivity index (χ1n) is 10.7. The van der Waals surface area contributed by atoms with Crippen LogP contribution in [0, 0.1) is 0 Å². The van der Waals surface area contributed by atoms with E-state index in [0.29, 0.717) is 37.1 Å². The molecule has 0 saturated carbocycles. The summed E-state index contributed by atoms with van der Waals surface area (Å²) in [6.45, 7) is 0.794. The maximum Gasteiger partial charge on any atom is 0.573 e. The largest absolute Gasteiger partial charge is 0.573 e. The molecule has 0 spiro atoms. The summed E-state index contributed by atoms with van der Waals surface area (Å²) in [6, 6.07) is 4.45. The third-order valence-electron chi connectivity index (χ3n) is 5.86. The monoisotopic (exact) mass is 501 g/mol. The van der Waals surface area contributed by atoms with Crippen molar-refractivity contribution in [3.63, 3.8) is 0 Å². The summed E-state index contributed by atoms with van der Waals surface area (Å²) >= 11 is 0. The number of aromatic amines is 1. The third kappa shape index (κ3) is 5.84. The number of aromatic nitrogens is 3. The van der Waals surface area contributed by atoms with Crippen LogP contribution in [-0.2, 0) is 6.42 Å². The Morgan fingerprint density at radius 1 is 1.11 bits per heavy atom. The summed E-state index contributed by atoms with van der Waals surface area (Å²) in [4.78, 5) is 25.6. The van der Waals surface area contributed by atoms with Gasteiger partial charge < -0.3 is 20.4 Å². The highest BCUT2D eigenvalue weighted by Crippen LogP contribution is 2.33. The number of hydrogen-bond acceptors (Lipinski definition) is 5. The van der Waals surface area contributed by atoms with E-state index in [2.05, 4.69) is 19.7 Å². The number of rotatable bonds is 5. The van der Waals surface area contributed by atoms with Gasteiger partial charge in [0.05, 0.1) is 5.52 Å². The van der Waals surface area contributed by atoms with Crippen LogP contribution in [0.25, 0.3) is 11.2 Å². The van der Waals surface area contributed by atoms with Gasteiger partial charge in [0.25, 0.3) is 5.91 Å². The van der Waals surface area contributed by atoms with Gasteiger partial charge in [0, 0.05) is 31.3 Å². The molecule has 188 valence electrons. The number of carbonyl (C=O) groups is 1. The molecule has 4 rings (SSSR count). The van der Waals surface area contributed by atoms with Crippen molar-refractivity contribution < 1.29 is 35.9 Å². The maximum absolute atomic E-state index is 12.8. The second-order valence-electron chi connectivity index (χ2n) is 8.27. The van der Waals surface area contributed by atoms with E-state index in [9.17, 15) is 31.1 Å². The molecule has 1 aliphatic heterocycles. The SMILES string of the molecule is NC(Cc1nc2nccc(C3CCN(C(=O)c4ccc(OC(F)(F)F)cc4)CC3)c2[nH]1)C(F)(F)F. The van der Waals surface area contributed by atoms with Crippen LogP contribution in [0.4, 0.5) is 26.3 Å². The molecule has 3 heterocycles. The van der Waals surface area contributed by atoms with Crippen LogP contribution in [0.1, 0.15) is 40.5 Å². The molecule has 13 heteroatoms. The van der Waals surface area contributed by atoms with E-state index in [1.807, 2.05) is 0 Å². The van der Waals surface area contributed by atoms with Crippen LogP contribution >= 0.6 is 0 Å². The number of nitrogens with zero attached hydrogens (tertiary/aromatic N) is 3. The van der Waals surface area contributed by atoms with Gasteiger partial charge in [-0.1, -0.05) is 0 Å². The number of ether oxygens (including phenoxy) is 1. The molecule has 1 amide bonds. The number of benzene rings is 1. The first-order chi connectivity index (χ1) is 16.4. The minimum Gasteiger partial charge on any atom is -0.406 e. The number of pyridine rings is 1. The minimum absolute atomic E-state index is 0.0108. The predicted molar refractivity (Wildman–Crippen MR) is 113 cm³/mol. The highest BCUT2D eigenvalue weighted by atomic mass is 19.4. The summed E-state index contributed by atoms with van der Waals surface area (Å²) in [5, 5.41) is 0. The van der Waals surface area contributed by atoms with Crippen LogP contribution in [0.2, 0.25) is 0 Å². The molecule has 3 aromatic rings. The zero-order valence-electron chi connectivity index (χ0n) is 18.2. The minimum atomic E-state index is -4.81. The van der Waals surface area contributed by atoms with Crippen molar-refractivity contribution in [1.82, 2.24) is 19.9 Å². The second-order valence-corrected chi connectivity index (χ2v) is 8.27. The van der Waals surface area contributed by atoms with E-state index in [-0.39, 0.29) is 23.2 Å². The first kappa shape index (κ1) is 24.8. The predicted octanol–water partition coefficient (Wildman–Crippen LogP) is 4.31. The smallest absolute Gasteiger partial charge is 0.406 e. The van der Waals surface area contributed by atoms with Crippen molar-refractivity contribution in [2.24, 2.45) is 5.73 Å². The Balaban J connectivity index is 1.42. The van der Waals surface area contributed by atoms with E-state index in [1.54, 1.807) is 11.0 Å². The number of carbonyl (C=O) groups excluding carboxylic acids is 1. The molecule has 7 nitrogen and oxygen atoms in total. The Hall–Kier alpha value is -3.35. The third-order valence-corrected chi connectivity index (χ3v) is 5.86. The van der Waals surface area contributed by atoms with E-state index in [0.717, 1.165) is 17.7 Å². The van der Waals surface area contributed by atoms with Crippen molar-refractivity contribution in [2.45, 2.75) is 43.8 Å². The van der Waals surface area contributed by atoms with Crippen molar-refractivity contribution in [3.05, 3.63) is 53.5 Å². The number of alkyl halides is 6. The Kier molecular flexibility index (Phi) is 6.62. The fraction of sp³-hybridized carbons (Fsp3) is 0.409. The maximum atomic E-state index is 12.8. The van der Waals surface area contributed by atoms with Crippen LogP contribution < -0.4 is 10.5 Å². The zero-order valence-corrected chi connectivity index (χ0v) is 18.2. The van der Waals surface area contributed by atoms with Gasteiger partial charge in [-0.15, -0.1) is 13.2 Å². The molecular formula is C22H21F6N5O2. The van der Waals surface area contributed by atoms with Gasteiger partial charge in [-0.2, -0.15) is 13.2 Å². The van der Waals surface area contributed by atoms with Gasteiger partial charge in [-0.3, -0.25) is 4.79 Å². The molecule has 1 aliphatic rings.